The van der Waals surface area contributed by atoms with Crippen molar-refractivity contribution in [1.82, 2.24) is 25.3 Å². The van der Waals surface area contributed by atoms with E-state index in [-0.39, 0.29) is 17.9 Å². The Kier molecular flexibility index (Phi) is 5.48. The van der Waals surface area contributed by atoms with Crippen LogP contribution in [0.1, 0.15) is 17.0 Å². The van der Waals surface area contributed by atoms with Crippen molar-refractivity contribution in [3.63, 3.8) is 0 Å². The van der Waals surface area contributed by atoms with Gasteiger partial charge in [-0.05, 0) is 31.2 Å². The highest BCUT2D eigenvalue weighted by molar-refractivity contribution is 5.78. The van der Waals surface area contributed by atoms with Crippen LogP contribution in [0.4, 0.5) is 0 Å². The second-order valence-electron chi connectivity index (χ2n) is 5.79. The number of aromatic nitrogens is 4. The summed E-state index contributed by atoms with van der Waals surface area (Å²) in [5.41, 5.74) is 2.05. The summed E-state index contributed by atoms with van der Waals surface area (Å²) in [5, 5.41) is 2.81. The third-order valence-electron chi connectivity index (χ3n) is 3.90. The number of pyridine rings is 2. The second-order valence-corrected chi connectivity index (χ2v) is 5.79. The molecule has 0 saturated heterocycles. The highest BCUT2D eigenvalue weighted by atomic mass is 16.2. The maximum atomic E-state index is 12.4. The van der Waals surface area contributed by atoms with Crippen molar-refractivity contribution >= 4 is 5.91 Å². The Labute approximate surface area is 150 Å². The van der Waals surface area contributed by atoms with Crippen molar-refractivity contribution in [3.8, 4) is 11.5 Å². The summed E-state index contributed by atoms with van der Waals surface area (Å²) >= 11 is 0. The lowest BCUT2D eigenvalue weighted by Crippen LogP contribution is -2.30. The minimum Gasteiger partial charge on any atom is -0.355 e. The Balaban J connectivity index is 1.64. The Morgan fingerprint density at radius 1 is 1.12 bits per heavy atom. The van der Waals surface area contributed by atoms with Crippen LogP contribution in [-0.2, 0) is 17.6 Å². The van der Waals surface area contributed by atoms with Gasteiger partial charge in [-0.1, -0.05) is 12.1 Å². The van der Waals surface area contributed by atoms with E-state index in [1.807, 2.05) is 24.3 Å². The molecule has 7 nitrogen and oxygen atoms in total. The molecule has 0 aromatic carbocycles. The average molecular weight is 349 g/mol. The van der Waals surface area contributed by atoms with E-state index in [1.165, 1.54) is 0 Å². The number of H-pyrrole nitrogens is 1. The van der Waals surface area contributed by atoms with Crippen LogP contribution >= 0.6 is 0 Å². The second kappa shape index (κ2) is 8.15. The first-order valence-electron chi connectivity index (χ1n) is 8.31. The number of hydrogen-bond acceptors (Lipinski definition) is 5. The molecule has 0 unspecified atom stereocenters. The summed E-state index contributed by atoms with van der Waals surface area (Å²) in [6, 6.07) is 11.0. The molecular formula is C19H19N5O2. The first kappa shape index (κ1) is 17.5. The lowest BCUT2D eigenvalue weighted by molar-refractivity contribution is -0.120. The smallest absolute Gasteiger partial charge is 0.255 e. The van der Waals surface area contributed by atoms with Crippen LogP contribution in [0.25, 0.3) is 11.5 Å². The number of aromatic amines is 1. The quantitative estimate of drug-likeness (QED) is 0.701. The van der Waals surface area contributed by atoms with Crippen molar-refractivity contribution in [3.05, 3.63) is 76.1 Å². The number of nitrogens with zero attached hydrogens (tertiary/aromatic N) is 3. The number of amides is 1. The molecule has 0 bridgehead atoms. The number of aryl methyl sites for hydroxylation is 1. The maximum Gasteiger partial charge on any atom is 0.255 e. The molecule has 7 heteroatoms. The molecule has 3 rings (SSSR count). The number of nitrogens with one attached hydrogen (secondary N) is 2. The van der Waals surface area contributed by atoms with E-state index in [9.17, 15) is 9.59 Å². The summed E-state index contributed by atoms with van der Waals surface area (Å²) in [6.07, 6.45) is 3.97. The monoisotopic (exact) mass is 349 g/mol. The van der Waals surface area contributed by atoms with E-state index in [0.717, 1.165) is 5.69 Å². The largest absolute Gasteiger partial charge is 0.355 e. The van der Waals surface area contributed by atoms with Crippen LogP contribution in [0.15, 0.2) is 53.6 Å². The van der Waals surface area contributed by atoms with Crippen molar-refractivity contribution < 1.29 is 4.79 Å². The van der Waals surface area contributed by atoms with Gasteiger partial charge in [0, 0.05) is 42.3 Å². The minimum atomic E-state index is -0.321. The first-order valence-corrected chi connectivity index (χ1v) is 8.31. The minimum absolute atomic E-state index is 0.0150. The zero-order valence-electron chi connectivity index (χ0n) is 14.4. The first-order chi connectivity index (χ1) is 12.6. The van der Waals surface area contributed by atoms with Crippen LogP contribution < -0.4 is 10.9 Å². The van der Waals surface area contributed by atoms with E-state index >= 15 is 0 Å². The Hall–Kier alpha value is -3.35. The van der Waals surface area contributed by atoms with Crippen LogP contribution in [0.2, 0.25) is 0 Å². The molecule has 3 aromatic heterocycles. The summed E-state index contributed by atoms with van der Waals surface area (Å²) < 4.78 is 0. The van der Waals surface area contributed by atoms with Crippen molar-refractivity contribution in [2.75, 3.05) is 6.54 Å². The van der Waals surface area contributed by atoms with Crippen LogP contribution in [0, 0.1) is 6.92 Å². The van der Waals surface area contributed by atoms with E-state index in [0.29, 0.717) is 35.7 Å². The van der Waals surface area contributed by atoms with Gasteiger partial charge in [-0.15, -0.1) is 0 Å². The van der Waals surface area contributed by atoms with Gasteiger partial charge in [0.15, 0.2) is 5.82 Å². The molecule has 0 saturated carbocycles. The zero-order chi connectivity index (χ0) is 18.4. The third kappa shape index (κ3) is 4.38. The highest BCUT2D eigenvalue weighted by Gasteiger charge is 2.13. The van der Waals surface area contributed by atoms with Gasteiger partial charge < -0.3 is 10.3 Å². The van der Waals surface area contributed by atoms with Crippen molar-refractivity contribution in [1.29, 1.82) is 0 Å². The number of hydrogen-bond donors (Lipinski definition) is 2. The average Bonchev–Trinajstić information content (AvgIpc) is 2.66. The molecule has 0 aliphatic heterocycles. The lowest BCUT2D eigenvalue weighted by atomic mass is 10.1. The molecule has 0 aliphatic rings. The molecule has 0 spiro atoms. The summed E-state index contributed by atoms with van der Waals surface area (Å²) in [7, 11) is 0. The molecular weight excluding hydrogens is 330 g/mol. The predicted molar refractivity (Wildman–Crippen MR) is 97.5 cm³/mol. The highest BCUT2D eigenvalue weighted by Crippen LogP contribution is 2.11. The summed E-state index contributed by atoms with van der Waals surface area (Å²) in [5.74, 6) is 0.175. The maximum absolute atomic E-state index is 12.4. The Bertz CT molecular complexity index is 939. The van der Waals surface area contributed by atoms with Gasteiger partial charge in [-0.2, -0.15) is 0 Å². The molecule has 0 radical (unpaired) electrons. The molecule has 26 heavy (non-hydrogen) atoms. The zero-order valence-corrected chi connectivity index (χ0v) is 14.4. The van der Waals surface area contributed by atoms with Crippen LogP contribution in [0.5, 0.6) is 0 Å². The third-order valence-corrected chi connectivity index (χ3v) is 3.90. The molecule has 3 aromatic rings. The lowest BCUT2D eigenvalue weighted by Gasteiger charge is -2.08. The van der Waals surface area contributed by atoms with Gasteiger partial charge in [0.25, 0.3) is 5.56 Å². The Morgan fingerprint density at radius 2 is 1.88 bits per heavy atom. The van der Waals surface area contributed by atoms with Crippen molar-refractivity contribution in [2.45, 2.75) is 19.8 Å². The number of rotatable bonds is 6. The molecule has 2 N–H and O–H groups in total. The fraction of sp³-hybridized carbons (Fsp3) is 0.211. The molecule has 0 fully saturated rings. The molecule has 0 atom stereocenters. The van der Waals surface area contributed by atoms with Gasteiger partial charge >= 0.3 is 0 Å². The number of carbonyl (C=O) groups excluding carboxylic acids is 1. The topological polar surface area (TPSA) is 101 Å². The standard InChI is InChI=1S/C19H19N5O2/c1-13-15(12-17(25)22-11-8-14-6-2-4-9-20-14)19(26)24-18(23-13)16-7-3-5-10-21-16/h2-7,9-10H,8,11-12H2,1H3,(H,22,25)(H,23,24,26). The Morgan fingerprint density at radius 3 is 2.54 bits per heavy atom. The van der Waals surface area contributed by atoms with Gasteiger partial charge in [0.2, 0.25) is 5.91 Å². The van der Waals surface area contributed by atoms with Gasteiger partial charge in [0.05, 0.1) is 6.42 Å². The van der Waals surface area contributed by atoms with E-state index in [4.69, 9.17) is 0 Å². The summed E-state index contributed by atoms with van der Waals surface area (Å²) in [6.45, 7) is 2.18. The predicted octanol–water partition coefficient (Wildman–Crippen LogP) is 1.44. The van der Waals surface area contributed by atoms with E-state index in [1.54, 1.807) is 31.5 Å². The normalized spacial score (nSPS) is 10.5. The molecule has 132 valence electrons. The fourth-order valence-electron chi connectivity index (χ4n) is 2.54. The molecule has 1 amide bonds. The van der Waals surface area contributed by atoms with Gasteiger partial charge in [0.1, 0.15) is 5.69 Å². The molecule has 3 heterocycles. The van der Waals surface area contributed by atoms with Gasteiger partial charge in [-0.3, -0.25) is 19.6 Å². The van der Waals surface area contributed by atoms with Gasteiger partial charge in [-0.25, -0.2) is 4.98 Å². The van der Waals surface area contributed by atoms with Crippen LogP contribution in [0.3, 0.4) is 0 Å². The van der Waals surface area contributed by atoms with E-state index in [2.05, 4.69) is 25.3 Å². The van der Waals surface area contributed by atoms with Crippen molar-refractivity contribution in [2.24, 2.45) is 0 Å². The fourth-order valence-corrected chi connectivity index (χ4v) is 2.54. The summed E-state index contributed by atoms with van der Waals surface area (Å²) in [4.78, 5) is 39.9. The van der Waals surface area contributed by atoms with Crippen LogP contribution in [-0.4, -0.2) is 32.4 Å². The number of carbonyl (C=O) groups is 1. The van der Waals surface area contributed by atoms with E-state index < -0.39 is 0 Å². The SMILES string of the molecule is Cc1nc(-c2ccccn2)[nH]c(=O)c1CC(=O)NCCc1ccccn1. The molecule has 0 aliphatic carbocycles.